The average molecular weight is 316 g/mol. The van der Waals surface area contributed by atoms with Crippen molar-refractivity contribution in [1.29, 1.82) is 0 Å². The maximum atomic E-state index is 12.4. The van der Waals surface area contributed by atoms with Gasteiger partial charge in [-0.05, 0) is 42.5 Å². The molecule has 1 atom stereocenters. The van der Waals surface area contributed by atoms with E-state index in [1.807, 2.05) is 18.2 Å². The molecule has 0 fully saturated rings. The van der Waals surface area contributed by atoms with E-state index in [1.165, 1.54) is 19.3 Å². The molecule has 1 aliphatic rings. The molecule has 1 aromatic carbocycles. The number of fused-ring (bicyclic) bond motifs is 1. The maximum Gasteiger partial charge on any atom is 0.251 e. The summed E-state index contributed by atoms with van der Waals surface area (Å²) in [6, 6.07) is 5.65. The van der Waals surface area contributed by atoms with Crippen LogP contribution in [-0.4, -0.2) is 24.9 Å². The minimum atomic E-state index is -0.0102. The largest absolute Gasteiger partial charge is 0.352 e. The Balaban J connectivity index is 1.97. The second-order valence-electron chi connectivity index (χ2n) is 6.39. The molecular formula is C19H28N2O2. The first kappa shape index (κ1) is 17.5. The lowest BCUT2D eigenvalue weighted by Gasteiger charge is -2.16. The first-order valence-electron chi connectivity index (χ1n) is 8.76. The van der Waals surface area contributed by atoms with Gasteiger partial charge in [-0.15, -0.1) is 0 Å². The number of unbranched alkanes of at least 4 members (excludes halogenated alkanes) is 1. The van der Waals surface area contributed by atoms with E-state index in [0.29, 0.717) is 18.0 Å². The number of nitrogens with one attached hydrogen (secondary N) is 1. The van der Waals surface area contributed by atoms with Crippen LogP contribution in [0, 0.1) is 5.92 Å². The van der Waals surface area contributed by atoms with Crippen LogP contribution in [0.15, 0.2) is 18.2 Å². The Labute approximate surface area is 139 Å². The van der Waals surface area contributed by atoms with E-state index in [0.717, 1.165) is 30.6 Å². The lowest BCUT2D eigenvalue weighted by Crippen LogP contribution is -2.29. The van der Waals surface area contributed by atoms with Crippen LogP contribution in [0.4, 0.5) is 5.69 Å². The van der Waals surface area contributed by atoms with Gasteiger partial charge in [0.15, 0.2) is 0 Å². The number of hydrogen-bond donors (Lipinski definition) is 1. The monoisotopic (exact) mass is 316 g/mol. The van der Waals surface area contributed by atoms with Gasteiger partial charge in [-0.2, -0.15) is 0 Å². The van der Waals surface area contributed by atoms with Gasteiger partial charge in [0, 0.05) is 31.3 Å². The van der Waals surface area contributed by atoms with Crippen molar-refractivity contribution >= 4 is 17.5 Å². The molecule has 1 heterocycles. The van der Waals surface area contributed by atoms with E-state index in [9.17, 15) is 9.59 Å². The van der Waals surface area contributed by atoms with Crippen LogP contribution in [0.2, 0.25) is 0 Å². The molecule has 4 nitrogen and oxygen atoms in total. The van der Waals surface area contributed by atoms with Crippen molar-refractivity contribution in [2.24, 2.45) is 5.92 Å². The topological polar surface area (TPSA) is 49.4 Å². The third-order valence-corrected chi connectivity index (χ3v) is 4.71. The Bertz CT molecular complexity index is 568. The van der Waals surface area contributed by atoms with E-state index in [4.69, 9.17) is 0 Å². The number of anilines is 1. The average Bonchev–Trinajstić information content (AvgIpc) is 2.98. The standard InChI is InChI=1S/C19H28N2O2/c1-4-6-7-15(5-2)13-20-19(23)17-8-9-18-16(12-17)10-11-21(18)14(3)22/h8-9,12,15H,4-7,10-11,13H2,1-3H3,(H,20,23). The van der Waals surface area contributed by atoms with Crippen LogP contribution < -0.4 is 10.2 Å². The van der Waals surface area contributed by atoms with Crippen LogP contribution in [0.25, 0.3) is 0 Å². The van der Waals surface area contributed by atoms with Gasteiger partial charge in [0.2, 0.25) is 5.91 Å². The van der Waals surface area contributed by atoms with Crippen LogP contribution >= 0.6 is 0 Å². The summed E-state index contributed by atoms with van der Waals surface area (Å²) in [5, 5.41) is 3.06. The number of amides is 2. The van der Waals surface area contributed by atoms with Gasteiger partial charge in [0.05, 0.1) is 0 Å². The first-order chi connectivity index (χ1) is 11.1. The van der Waals surface area contributed by atoms with Gasteiger partial charge in [0.1, 0.15) is 0 Å². The van der Waals surface area contributed by atoms with Crippen molar-refractivity contribution < 1.29 is 9.59 Å². The molecule has 0 saturated heterocycles. The molecule has 0 spiro atoms. The summed E-state index contributed by atoms with van der Waals surface area (Å²) in [5.74, 6) is 0.605. The molecule has 2 amide bonds. The zero-order valence-corrected chi connectivity index (χ0v) is 14.5. The van der Waals surface area contributed by atoms with E-state index in [1.54, 1.807) is 11.8 Å². The first-order valence-corrected chi connectivity index (χ1v) is 8.76. The second kappa shape index (κ2) is 8.14. The van der Waals surface area contributed by atoms with Gasteiger partial charge in [0.25, 0.3) is 5.91 Å². The molecule has 2 rings (SSSR count). The Morgan fingerprint density at radius 3 is 2.74 bits per heavy atom. The molecule has 1 N–H and O–H groups in total. The SMILES string of the molecule is CCCCC(CC)CNC(=O)c1ccc2c(c1)CCN2C(C)=O. The maximum absolute atomic E-state index is 12.4. The fraction of sp³-hybridized carbons (Fsp3) is 0.579. The molecule has 0 aliphatic carbocycles. The molecular weight excluding hydrogens is 288 g/mol. The van der Waals surface area contributed by atoms with Gasteiger partial charge < -0.3 is 10.2 Å². The smallest absolute Gasteiger partial charge is 0.251 e. The van der Waals surface area contributed by atoms with Gasteiger partial charge >= 0.3 is 0 Å². The van der Waals surface area contributed by atoms with Crippen molar-refractivity contribution in [2.75, 3.05) is 18.0 Å². The lowest BCUT2D eigenvalue weighted by molar-refractivity contribution is -0.116. The van der Waals surface area contributed by atoms with Crippen molar-refractivity contribution in [2.45, 2.75) is 52.9 Å². The highest BCUT2D eigenvalue weighted by Gasteiger charge is 2.23. The summed E-state index contributed by atoms with van der Waals surface area (Å²) >= 11 is 0. The molecule has 126 valence electrons. The number of nitrogens with zero attached hydrogens (tertiary/aromatic N) is 1. The van der Waals surface area contributed by atoms with E-state index in [-0.39, 0.29) is 11.8 Å². The molecule has 0 saturated carbocycles. The van der Waals surface area contributed by atoms with E-state index >= 15 is 0 Å². The Kier molecular flexibility index (Phi) is 6.20. The van der Waals surface area contributed by atoms with Crippen molar-refractivity contribution in [1.82, 2.24) is 5.32 Å². The summed E-state index contributed by atoms with van der Waals surface area (Å²) in [5.41, 5.74) is 2.73. The molecule has 0 aromatic heterocycles. The Hall–Kier alpha value is -1.84. The Morgan fingerprint density at radius 1 is 1.30 bits per heavy atom. The van der Waals surface area contributed by atoms with Gasteiger partial charge in [-0.1, -0.05) is 33.1 Å². The highest BCUT2D eigenvalue weighted by Crippen LogP contribution is 2.28. The second-order valence-corrected chi connectivity index (χ2v) is 6.39. The van der Waals surface area contributed by atoms with Crippen LogP contribution in [0.3, 0.4) is 0 Å². The fourth-order valence-corrected chi connectivity index (χ4v) is 3.15. The zero-order valence-electron chi connectivity index (χ0n) is 14.5. The van der Waals surface area contributed by atoms with Crippen molar-refractivity contribution in [3.8, 4) is 0 Å². The quantitative estimate of drug-likeness (QED) is 0.836. The number of rotatable bonds is 7. The van der Waals surface area contributed by atoms with Crippen LogP contribution in [0.5, 0.6) is 0 Å². The van der Waals surface area contributed by atoms with Crippen molar-refractivity contribution in [3.63, 3.8) is 0 Å². The third kappa shape index (κ3) is 4.34. The third-order valence-electron chi connectivity index (χ3n) is 4.71. The molecule has 23 heavy (non-hydrogen) atoms. The number of carbonyl (C=O) groups excluding carboxylic acids is 2. The normalized spacial score (nSPS) is 14.5. The fourth-order valence-electron chi connectivity index (χ4n) is 3.15. The minimum Gasteiger partial charge on any atom is -0.352 e. The summed E-state index contributed by atoms with van der Waals surface area (Å²) in [6.07, 6.45) is 5.50. The number of benzene rings is 1. The summed E-state index contributed by atoms with van der Waals surface area (Å²) in [7, 11) is 0. The molecule has 1 aromatic rings. The molecule has 4 heteroatoms. The highest BCUT2D eigenvalue weighted by atomic mass is 16.2. The van der Waals surface area contributed by atoms with Gasteiger partial charge in [-0.25, -0.2) is 0 Å². The lowest BCUT2D eigenvalue weighted by atomic mass is 9.99. The number of hydrogen-bond acceptors (Lipinski definition) is 2. The molecule has 0 radical (unpaired) electrons. The number of carbonyl (C=O) groups is 2. The molecule has 1 aliphatic heterocycles. The Morgan fingerprint density at radius 2 is 2.09 bits per heavy atom. The van der Waals surface area contributed by atoms with E-state index in [2.05, 4.69) is 19.2 Å². The van der Waals surface area contributed by atoms with Crippen LogP contribution in [-0.2, 0) is 11.2 Å². The summed E-state index contributed by atoms with van der Waals surface area (Å²) < 4.78 is 0. The molecule has 1 unspecified atom stereocenters. The predicted octanol–water partition coefficient (Wildman–Crippen LogP) is 3.54. The zero-order chi connectivity index (χ0) is 16.8. The minimum absolute atomic E-state index is 0.0102. The van der Waals surface area contributed by atoms with E-state index < -0.39 is 0 Å². The molecule has 0 bridgehead atoms. The summed E-state index contributed by atoms with van der Waals surface area (Å²) in [4.78, 5) is 25.7. The van der Waals surface area contributed by atoms with Crippen LogP contribution in [0.1, 0.15) is 62.4 Å². The summed E-state index contributed by atoms with van der Waals surface area (Å²) in [6.45, 7) is 7.41. The van der Waals surface area contributed by atoms with Crippen molar-refractivity contribution in [3.05, 3.63) is 29.3 Å². The predicted molar refractivity (Wildman–Crippen MR) is 93.8 cm³/mol. The van der Waals surface area contributed by atoms with Gasteiger partial charge in [-0.3, -0.25) is 9.59 Å². The highest BCUT2D eigenvalue weighted by molar-refractivity contribution is 5.97.